The molecular weight excluding hydrogens is 370 g/mol. The number of nitro benzene ring substituents is 1. The van der Waals surface area contributed by atoms with Crippen molar-refractivity contribution in [1.29, 1.82) is 0 Å². The Balaban J connectivity index is 1.78. The third-order valence-electron chi connectivity index (χ3n) is 3.90. The number of piperazine rings is 1. The Bertz CT molecular complexity index is 905. The summed E-state index contributed by atoms with van der Waals surface area (Å²) in [4.78, 5) is 44.7. The van der Waals surface area contributed by atoms with Crippen LogP contribution in [0.4, 0.5) is 10.5 Å². The predicted molar refractivity (Wildman–Crippen MR) is 94.8 cm³/mol. The molecule has 3 rings (SSSR count). The van der Waals surface area contributed by atoms with Crippen molar-refractivity contribution in [1.82, 2.24) is 20.2 Å². The Labute approximate surface area is 159 Å². The maximum atomic E-state index is 12.8. The van der Waals surface area contributed by atoms with Crippen LogP contribution in [0.5, 0.6) is 11.6 Å². The van der Waals surface area contributed by atoms with Gasteiger partial charge in [0.2, 0.25) is 11.6 Å². The number of ether oxygens (including phenoxy) is 2. The van der Waals surface area contributed by atoms with Gasteiger partial charge in [-0.3, -0.25) is 25.2 Å². The van der Waals surface area contributed by atoms with Gasteiger partial charge < -0.3 is 9.47 Å². The van der Waals surface area contributed by atoms with Crippen LogP contribution in [0.15, 0.2) is 36.7 Å². The minimum Gasteiger partial charge on any atom is -0.477 e. The number of nitrogens with one attached hydrogen (secondary N) is 1. The Morgan fingerprint density at radius 1 is 1.39 bits per heavy atom. The Morgan fingerprint density at radius 2 is 2.18 bits per heavy atom. The minimum absolute atomic E-state index is 0.0490. The van der Waals surface area contributed by atoms with E-state index in [9.17, 15) is 19.7 Å². The predicted octanol–water partition coefficient (Wildman–Crippen LogP) is 1.46. The highest BCUT2D eigenvalue weighted by molar-refractivity contribution is 5.96. The molecule has 1 fully saturated rings. The summed E-state index contributed by atoms with van der Waals surface area (Å²) in [6.07, 6.45) is 1.82. The highest BCUT2D eigenvalue weighted by atomic mass is 16.6. The monoisotopic (exact) mass is 387 g/mol. The maximum absolute atomic E-state index is 12.8. The van der Waals surface area contributed by atoms with Gasteiger partial charge in [-0.1, -0.05) is 12.1 Å². The molecule has 1 saturated heterocycles. The van der Waals surface area contributed by atoms with Crippen LogP contribution in [0.3, 0.4) is 0 Å². The van der Waals surface area contributed by atoms with Gasteiger partial charge in [0.15, 0.2) is 0 Å². The molecule has 11 nitrogen and oxygen atoms in total. The lowest BCUT2D eigenvalue weighted by molar-refractivity contribution is -0.385. The highest BCUT2D eigenvalue weighted by Crippen LogP contribution is 2.27. The van der Waals surface area contributed by atoms with E-state index < -0.39 is 23.0 Å². The molecule has 1 aliphatic rings. The quantitative estimate of drug-likeness (QED) is 0.597. The number of benzene rings is 1. The summed E-state index contributed by atoms with van der Waals surface area (Å²) in [6, 6.07) is 4.52. The van der Waals surface area contributed by atoms with Crippen molar-refractivity contribution in [2.45, 2.75) is 13.0 Å². The normalized spacial score (nSPS) is 16.5. The molecule has 2 aromatic rings. The van der Waals surface area contributed by atoms with E-state index in [1.807, 2.05) is 0 Å². The van der Waals surface area contributed by atoms with Gasteiger partial charge in [0, 0.05) is 19.2 Å². The van der Waals surface area contributed by atoms with Gasteiger partial charge in [0.1, 0.15) is 6.04 Å². The summed E-state index contributed by atoms with van der Waals surface area (Å²) in [7, 11) is 0. The Hall–Kier alpha value is -3.60. The van der Waals surface area contributed by atoms with Crippen molar-refractivity contribution in [2.24, 2.45) is 0 Å². The molecule has 2 heterocycles. The van der Waals surface area contributed by atoms with Crippen molar-refractivity contribution < 1.29 is 24.0 Å². The van der Waals surface area contributed by atoms with E-state index in [1.165, 1.54) is 36.7 Å². The van der Waals surface area contributed by atoms with Crippen LogP contribution in [0.25, 0.3) is 0 Å². The molecule has 1 aliphatic heterocycles. The molecule has 1 N–H and O–H groups in total. The summed E-state index contributed by atoms with van der Waals surface area (Å²) in [5, 5.41) is 14.0. The number of nitrogens with zero attached hydrogens (tertiary/aromatic N) is 4. The summed E-state index contributed by atoms with van der Waals surface area (Å²) < 4.78 is 10.4. The average molecular weight is 387 g/mol. The van der Waals surface area contributed by atoms with E-state index >= 15 is 0 Å². The number of para-hydroxylation sites is 2. The number of carbonyl (C=O) groups excluding carboxylic acids is 2. The summed E-state index contributed by atoms with van der Waals surface area (Å²) >= 11 is 0. The average Bonchev–Trinajstić information content (AvgIpc) is 2.69. The first-order valence-corrected chi connectivity index (χ1v) is 8.46. The van der Waals surface area contributed by atoms with E-state index in [1.54, 1.807) is 6.92 Å². The molecule has 0 saturated carbocycles. The van der Waals surface area contributed by atoms with Crippen LogP contribution in [0, 0.1) is 10.1 Å². The highest BCUT2D eigenvalue weighted by Gasteiger charge is 2.36. The van der Waals surface area contributed by atoms with Gasteiger partial charge in [-0.2, -0.15) is 0 Å². The summed E-state index contributed by atoms with van der Waals surface area (Å²) in [5.74, 6) is -0.578. The molecule has 146 valence electrons. The standard InChI is InChI=1S/C17H17N5O6/c1-2-27-14-10-18-9-11(20-14)15-16(23)21(8-7-19-15)17(24)28-13-6-4-3-5-12(13)22(25)26/h3-6,9-10,15,19H,2,7-8H2,1H3. The number of hydrogen-bond acceptors (Lipinski definition) is 9. The Kier molecular flexibility index (Phi) is 5.75. The van der Waals surface area contributed by atoms with Gasteiger partial charge in [0.25, 0.3) is 5.91 Å². The number of nitro groups is 1. The molecular formula is C17H17N5O6. The number of amides is 2. The molecule has 1 aromatic heterocycles. The zero-order chi connectivity index (χ0) is 20.1. The van der Waals surface area contributed by atoms with Crippen molar-refractivity contribution in [3.05, 3.63) is 52.5 Å². The first-order valence-electron chi connectivity index (χ1n) is 8.46. The Morgan fingerprint density at radius 3 is 2.93 bits per heavy atom. The van der Waals surface area contributed by atoms with Crippen LogP contribution >= 0.6 is 0 Å². The lowest BCUT2D eigenvalue weighted by Gasteiger charge is -2.30. The third-order valence-corrected chi connectivity index (χ3v) is 3.90. The molecule has 0 radical (unpaired) electrons. The molecule has 1 unspecified atom stereocenters. The first-order chi connectivity index (χ1) is 13.5. The van der Waals surface area contributed by atoms with E-state index in [0.717, 1.165) is 4.90 Å². The largest absolute Gasteiger partial charge is 0.477 e. The molecule has 28 heavy (non-hydrogen) atoms. The van der Waals surface area contributed by atoms with Crippen molar-refractivity contribution in [3.63, 3.8) is 0 Å². The van der Waals surface area contributed by atoms with Gasteiger partial charge in [-0.25, -0.2) is 14.7 Å². The van der Waals surface area contributed by atoms with Gasteiger partial charge in [0.05, 0.1) is 29.6 Å². The third kappa shape index (κ3) is 4.04. The van der Waals surface area contributed by atoms with Crippen LogP contribution in [-0.2, 0) is 4.79 Å². The van der Waals surface area contributed by atoms with E-state index in [4.69, 9.17) is 9.47 Å². The lowest BCUT2D eigenvalue weighted by atomic mass is 10.1. The maximum Gasteiger partial charge on any atom is 0.422 e. The zero-order valence-corrected chi connectivity index (χ0v) is 14.9. The molecule has 0 aliphatic carbocycles. The summed E-state index contributed by atoms with van der Waals surface area (Å²) in [5.41, 5.74) is -0.0793. The van der Waals surface area contributed by atoms with Gasteiger partial charge in [-0.05, 0) is 13.0 Å². The molecule has 11 heteroatoms. The number of rotatable bonds is 5. The number of aromatic nitrogens is 2. The minimum atomic E-state index is -1.00. The van der Waals surface area contributed by atoms with Crippen molar-refractivity contribution in [3.8, 4) is 11.6 Å². The van der Waals surface area contributed by atoms with Crippen LogP contribution in [-0.4, -0.2) is 51.5 Å². The molecule has 1 aromatic carbocycles. The lowest BCUT2D eigenvalue weighted by Crippen LogP contribution is -2.53. The zero-order valence-electron chi connectivity index (χ0n) is 14.9. The van der Waals surface area contributed by atoms with Crippen molar-refractivity contribution in [2.75, 3.05) is 19.7 Å². The van der Waals surface area contributed by atoms with Crippen LogP contribution in [0.2, 0.25) is 0 Å². The SMILES string of the molecule is CCOc1cncc(C2NCCN(C(=O)Oc3ccccc3[N+](=O)[O-])C2=O)n1. The second-order valence-corrected chi connectivity index (χ2v) is 5.69. The summed E-state index contributed by atoms with van der Waals surface area (Å²) in [6.45, 7) is 2.52. The fourth-order valence-electron chi connectivity index (χ4n) is 2.65. The first kappa shape index (κ1) is 19.2. The van der Waals surface area contributed by atoms with E-state index in [2.05, 4.69) is 15.3 Å². The van der Waals surface area contributed by atoms with Crippen LogP contribution < -0.4 is 14.8 Å². The number of hydrogen-bond donors (Lipinski definition) is 1. The second-order valence-electron chi connectivity index (χ2n) is 5.69. The fourth-order valence-corrected chi connectivity index (χ4v) is 2.65. The van der Waals surface area contributed by atoms with Gasteiger partial charge >= 0.3 is 11.8 Å². The van der Waals surface area contributed by atoms with E-state index in [0.29, 0.717) is 18.8 Å². The molecule has 0 spiro atoms. The van der Waals surface area contributed by atoms with Crippen molar-refractivity contribution >= 4 is 17.7 Å². The van der Waals surface area contributed by atoms with Gasteiger partial charge in [-0.15, -0.1) is 0 Å². The molecule has 1 atom stereocenters. The number of imide groups is 1. The molecule has 2 amide bonds. The molecule has 0 bridgehead atoms. The van der Waals surface area contributed by atoms with E-state index in [-0.39, 0.29) is 23.9 Å². The number of carbonyl (C=O) groups is 2. The van der Waals surface area contributed by atoms with Crippen LogP contribution in [0.1, 0.15) is 18.7 Å². The fraction of sp³-hybridized carbons (Fsp3) is 0.294. The topological polar surface area (TPSA) is 137 Å². The second kappa shape index (κ2) is 8.39. The smallest absolute Gasteiger partial charge is 0.422 e.